The number of rotatable bonds is 2. The van der Waals surface area contributed by atoms with E-state index in [2.05, 4.69) is 9.88 Å². The highest BCUT2D eigenvalue weighted by molar-refractivity contribution is 7.18. The second-order valence-corrected chi connectivity index (χ2v) is 6.73. The van der Waals surface area contributed by atoms with Gasteiger partial charge in [0.05, 0.1) is 6.10 Å². The van der Waals surface area contributed by atoms with Crippen LogP contribution in [-0.2, 0) is 0 Å². The van der Waals surface area contributed by atoms with Crippen molar-refractivity contribution in [3.63, 3.8) is 0 Å². The molecule has 116 valence electrons. The van der Waals surface area contributed by atoms with Crippen molar-refractivity contribution in [1.29, 1.82) is 0 Å². The number of β-amino-alcohol motifs (C(OH)–C–C–N with tert-alkyl or cyclic N) is 1. The predicted octanol–water partition coefficient (Wildman–Crippen LogP) is -0.140. The number of aliphatic hydroxyl groups excluding tert-OH is 1. The van der Waals surface area contributed by atoms with Crippen LogP contribution in [0.15, 0.2) is 0 Å². The fraction of sp³-hybridized carbons (Fsp3) is 0.692. The van der Waals surface area contributed by atoms with Crippen molar-refractivity contribution in [3.8, 4) is 0 Å². The van der Waals surface area contributed by atoms with E-state index in [4.69, 9.17) is 11.5 Å². The Morgan fingerprint density at radius 2 is 2.14 bits per heavy atom. The Bertz CT molecular complexity index is 535. The van der Waals surface area contributed by atoms with Gasteiger partial charge < -0.3 is 26.4 Å². The SMILES string of the molecule is Nc1nc(N2CCCC(N)C2)sc1C(=O)N1CCC(O)C1. The molecule has 2 fully saturated rings. The van der Waals surface area contributed by atoms with Gasteiger partial charge in [0.15, 0.2) is 5.13 Å². The molecule has 5 N–H and O–H groups in total. The Kier molecular flexibility index (Phi) is 4.01. The van der Waals surface area contributed by atoms with Crippen LogP contribution >= 0.6 is 11.3 Å². The van der Waals surface area contributed by atoms with Crippen LogP contribution in [-0.4, -0.2) is 59.2 Å². The molecular weight excluding hydrogens is 290 g/mol. The lowest BCUT2D eigenvalue weighted by Gasteiger charge is -2.30. The Morgan fingerprint density at radius 1 is 1.33 bits per heavy atom. The first kappa shape index (κ1) is 14.6. The number of thiazole rings is 1. The Labute approximate surface area is 127 Å². The molecule has 2 aliphatic rings. The molecule has 0 saturated carbocycles. The number of likely N-dealkylation sites (tertiary alicyclic amines) is 1. The second-order valence-electron chi connectivity index (χ2n) is 5.75. The number of aromatic nitrogens is 1. The Hall–Kier alpha value is -1.38. The molecular formula is C13H21N5O2S. The van der Waals surface area contributed by atoms with Crippen LogP contribution in [0.25, 0.3) is 0 Å². The lowest BCUT2D eigenvalue weighted by molar-refractivity contribution is 0.0770. The van der Waals surface area contributed by atoms with Crippen LogP contribution < -0.4 is 16.4 Å². The number of carbonyl (C=O) groups excluding carboxylic acids is 1. The van der Waals surface area contributed by atoms with Crippen LogP contribution in [0.2, 0.25) is 0 Å². The lowest BCUT2D eigenvalue weighted by Crippen LogP contribution is -2.42. The van der Waals surface area contributed by atoms with Gasteiger partial charge >= 0.3 is 0 Å². The van der Waals surface area contributed by atoms with Crippen molar-refractivity contribution < 1.29 is 9.90 Å². The number of nitrogens with zero attached hydrogens (tertiary/aromatic N) is 3. The predicted molar refractivity (Wildman–Crippen MR) is 82.5 cm³/mol. The van der Waals surface area contributed by atoms with Crippen molar-refractivity contribution in [1.82, 2.24) is 9.88 Å². The molecule has 1 amide bonds. The summed E-state index contributed by atoms with van der Waals surface area (Å²) in [5, 5.41) is 10.3. The maximum absolute atomic E-state index is 12.4. The van der Waals surface area contributed by atoms with E-state index in [-0.39, 0.29) is 17.8 Å². The third-order valence-electron chi connectivity index (χ3n) is 4.02. The maximum atomic E-state index is 12.4. The van der Waals surface area contributed by atoms with Crippen molar-refractivity contribution >= 4 is 28.2 Å². The number of aliphatic hydroxyl groups is 1. The molecule has 2 atom stereocenters. The summed E-state index contributed by atoms with van der Waals surface area (Å²) in [6.07, 6.45) is 2.25. The molecule has 0 bridgehead atoms. The minimum atomic E-state index is -0.428. The maximum Gasteiger partial charge on any atom is 0.267 e. The highest BCUT2D eigenvalue weighted by Gasteiger charge is 2.29. The molecule has 0 aromatic carbocycles. The normalized spacial score (nSPS) is 26.4. The van der Waals surface area contributed by atoms with Gasteiger partial charge in [-0.15, -0.1) is 0 Å². The Morgan fingerprint density at radius 3 is 2.81 bits per heavy atom. The summed E-state index contributed by atoms with van der Waals surface area (Å²) in [7, 11) is 0. The van der Waals surface area contributed by atoms with E-state index >= 15 is 0 Å². The van der Waals surface area contributed by atoms with Crippen molar-refractivity contribution in [2.24, 2.45) is 5.73 Å². The number of carbonyl (C=O) groups is 1. The summed E-state index contributed by atoms with van der Waals surface area (Å²) in [4.78, 5) is 21.0. The average Bonchev–Trinajstić information content (AvgIpc) is 3.04. The van der Waals surface area contributed by atoms with Crippen LogP contribution in [0.4, 0.5) is 10.9 Å². The smallest absolute Gasteiger partial charge is 0.267 e. The van der Waals surface area contributed by atoms with E-state index in [0.29, 0.717) is 24.4 Å². The molecule has 2 aliphatic heterocycles. The van der Waals surface area contributed by atoms with Crippen LogP contribution in [0, 0.1) is 0 Å². The molecule has 3 heterocycles. The van der Waals surface area contributed by atoms with Crippen molar-refractivity contribution in [2.45, 2.75) is 31.4 Å². The number of hydrogen-bond acceptors (Lipinski definition) is 7. The first-order valence-electron chi connectivity index (χ1n) is 7.28. The summed E-state index contributed by atoms with van der Waals surface area (Å²) in [5.41, 5.74) is 11.9. The molecule has 0 radical (unpaired) electrons. The largest absolute Gasteiger partial charge is 0.391 e. The zero-order chi connectivity index (χ0) is 15.0. The summed E-state index contributed by atoms with van der Waals surface area (Å²) < 4.78 is 0. The standard InChI is InChI=1S/C13H21N5O2S/c14-8-2-1-4-18(6-8)13-16-11(15)10(21-13)12(20)17-5-3-9(19)7-17/h8-9,19H,1-7,14-15H2. The van der Waals surface area contributed by atoms with E-state index in [1.165, 1.54) is 11.3 Å². The fourth-order valence-corrected chi connectivity index (χ4v) is 3.85. The third kappa shape index (κ3) is 2.97. The lowest BCUT2D eigenvalue weighted by atomic mass is 10.1. The summed E-state index contributed by atoms with van der Waals surface area (Å²) in [5.74, 6) is 0.148. The van der Waals surface area contributed by atoms with Gasteiger partial charge in [-0.25, -0.2) is 4.98 Å². The first-order valence-corrected chi connectivity index (χ1v) is 8.10. The van der Waals surface area contributed by atoms with Crippen LogP contribution in [0.5, 0.6) is 0 Å². The summed E-state index contributed by atoms with van der Waals surface area (Å²) >= 11 is 1.33. The number of nitrogen functional groups attached to an aromatic ring is 1. The Balaban J connectivity index is 1.76. The fourth-order valence-electron chi connectivity index (χ4n) is 2.86. The van der Waals surface area contributed by atoms with Crippen LogP contribution in [0.3, 0.4) is 0 Å². The number of piperidine rings is 1. The van der Waals surface area contributed by atoms with Gasteiger partial charge in [-0.2, -0.15) is 0 Å². The topological polar surface area (TPSA) is 109 Å². The van der Waals surface area contributed by atoms with Gasteiger partial charge in [-0.3, -0.25) is 4.79 Å². The van der Waals surface area contributed by atoms with E-state index in [1.54, 1.807) is 4.90 Å². The molecule has 1 aromatic heterocycles. The number of nitrogens with two attached hydrogens (primary N) is 2. The van der Waals surface area contributed by atoms with Gasteiger partial charge in [0.2, 0.25) is 0 Å². The van der Waals surface area contributed by atoms with Gasteiger partial charge in [-0.1, -0.05) is 11.3 Å². The van der Waals surface area contributed by atoms with E-state index < -0.39 is 6.10 Å². The van der Waals surface area contributed by atoms with Crippen LogP contribution in [0.1, 0.15) is 28.9 Å². The number of hydrogen-bond donors (Lipinski definition) is 3. The van der Waals surface area contributed by atoms with E-state index in [0.717, 1.165) is 31.1 Å². The van der Waals surface area contributed by atoms with Crippen molar-refractivity contribution in [2.75, 3.05) is 36.8 Å². The summed E-state index contributed by atoms with van der Waals surface area (Å²) in [6.45, 7) is 2.60. The molecule has 3 rings (SSSR count). The molecule has 8 heteroatoms. The van der Waals surface area contributed by atoms with E-state index in [1.807, 2.05) is 0 Å². The van der Waals surface area contributed by atoms with Gasteiger partial charge in [0.25, 0.3) is 5.91 Å². The number of amides is 1. The minimum Gasteiger partial charge on any atom is -0.391 e. The minimum absolute atomic E-state index is 0.130. The quantitative estimate of drug-likeness (QED) is 0.701. The summed E-state index contributed by atoms with van der Waals surface area (Å²) in [6, 6.07) is 0.150. The molecule has 2 unspecified atom stereocenters. The molecule has 1 aromatic rings. The average molecular weight is 311 g/mol. The zero-order valence-corrected chi connectivity index (χ0v) is 12.7. The highest BCUT2D eigenvalue weighted by atomic mass is 32.1. The molecule has 21 heavy (non-hydrogen) atoms. The van der Waals surface area contributed by atoms with Gasteiger partial charge in [-0.05, 0) is 19.3 Å². The van der Waals surface area contributed by atoms with Gasteiger partial charge in [0.1, 0.15) is 10.7 Å². The molecule has 7 nitrogen and oxygen atoms in total. The number of anilines is 2. The van der Waals surface area contributed by atoms with Crippen molar-refractivity contribution in [3.05, 3.63) is 4.88 Å². The zero-order valence-electron chi connectivity index (χ0n) is 11.9. The third-order valence-corrected chi connectivity index (χ3v) is 5.14. The highest BCUT2D eigenvalue weighted by Crippen LogP contribution is 2.31. The first-order chi connectivity index (χ1) is 10.0. The van der Waals surface area contributed by atoms with Gasteiger partial charge in [0, 0.05) is 32.2 Å². The second kappa shape index (κ2) is 5.78. The molecule has 2 saturated heterocycles. The monoisotopic (exact) mass is 311 g/mol. The van der Waals surface area contributed by atoms with E-state index in [9.17, 15) is 9.90 Å². The molecule has 0 aliphatic carbocycles. The molecule has 0 spiro atoms.